The summed E-state index contributed by atoms with van der Waals surface area (Å²) < 4.78 is 7.88. The Balaban J connectivity index is 1.71. The van der Waals surface area contributed by atoms with Crippen molar-refractivity contribution in [3.63, 3.8) is 0 Å². The third kappa shape index (κ3) is 2.44. The first-order valence-electron chi connectivity index (χ1n) is 6.86. The van der Waals surface area contributed by atoms with Gasteiger partial charge in [-0.3, -0.25) is 0 Å². The monoisotopic (exact) mass is 270 g/mol. The summed E-state index contributed by atoms with van der Waals surface area (Å²) in [6.45, 7) is 5.72. The van der Waals surface area contributed by atoms with Gasteiger partial charge in [-0.2, -0.15) is 0 Å². The van der Waals surface area contributed by atoms with E-state index >= 15 is 0 Å². The minimum atomic E-state index is 0.129. The molecule has 20 heavy (non-hydrogen) atoms. The maximum atomic E-state index is 5.85. The lowest BCUT2D eigenvalue weighted by Crippen LogP contribution is -2.20. The van der Waals surface area contributed by atoms with Crippen molar-refractivity contribution in [1.29, 1.82) is 0 Å². The molecule has 3 rings (SSSR count). The lowest BCUT2D eigenvalue weighted by Gasteiger charge is -2.11. The van der Waals surface area contributed by atoms with Crippen molar-refractivity contribution in [2.45, 2.75) is 33.0 Å². The molecule has 0 amide bonds. The summed E-state index contributed by atoms with van der Waals surface area (Å²) in [6.07, 6.45) is 1.75. The zero-order valence-corrected chi connectivity index (χ0v) is 11.7. The summed E-state index contributed by atoms with van der Waals surface area (Å²) in [4.78, 5) is 0. The summed E-state index contributed by atoms with van der Waals surface area (Å²) in [5.41, 5.74) is 0.924. The van der Waals surface area contributed by atoms with Gasteiger partial charge in [0.1, 0.15) is 23.5 Å². The Kier molecular flexibility index (Phi) is 3.52. The summed E-state index contributed by atoms with van der Waals surface area (Å²) in [7, 11) is 0. The van der Waals surface area contributed by atoms with Crippen LogP contribution in [0.25, 0.3) is 11.0 Å². The van der Waals surface area contributed by atoms with Gasteiger partial charge in [-0.15, -0.1) is 10.2 Å². The predicted octanol–water partition coefficient (Wildman–Crippen LogP) is 2.90. The Labute approximate surface area is 117 Å². The Hall–Kier alpha value is -2.14. The molecule has 0 radical (unpaired) electrons. The molecule has 0 saturated heterocycles. The van der Waals surface area contributed by atoms with Crippen LogP contribution in [0.5, 0.6) is 0 Å². The minimum absolute atomic E-state index is 0.129. The third-order valence-corrected chi connectivity index (χ3v) is 3.47. The van der Waals surface area contributed by atoms with E-state index in [-0.39, 0.29) is 6.04 Å². The van der Waals surface area contributed by atoms with Crippen molar-refractivity contribution >= 4 is 11.0 Å². The fourth-order valence-electron chi connectivity index (χ4n) is 2.24. The molecule has 0 bridgehead atoms. The van der Waals surface area contributed by atoms with Gasteiger partial charge in [0.25, 0.3) is 0 Å². The maximum absolute atomic E-state index is 5.85. The Morgan fingerprint density at radius 3 is 3.00 bits per heavy atom. The van der Waals surface area contributed by atoms with Gasteiger partial charge < -0.3 is 14.3 Å². The van der Waals surface area contributed by atoms with Crippen molar-refractivity contribution in [3.8, 4) is 0 Å². The number of furan rings is 1. The van der Waals surface area contributed by atoms with Crippen molar-refractivity contribution in [1.82, 2.24) is 20.1 Å². The predicted molar refractivity (Wildman–Crippen MR) is 77.2 cm³/mol. The number of fused-ring (bicyclic) bond motifs is 1. The van der Waals surface area contributed by atoms with Crippen molar-refractivity contribution < 1.29 is 4.42 Å². The number of nitrogens with zero attached hydrogens (tertiary/aromatic N) is 3. The molecule has 1 atom stereocenters. The zero-order chi connectivity index (χ0) is 13.9. The zero-order valence-electron chi connectivity index (χ0n) is 11.7. The van der Waals surface area contributed by atoms with E-state index in [1.165, 1.54) is 0 Å². The topological polar surface area (TPSA) is 55.9 Å². The molecule has 1 aromatic carbocycles. The average Bonchev–Trinajstić information content (AvgIpc) is 3.10. The molecule has 0 fully saturated rings. The van der Waals surface area contributed by atoms with Crippen LogP contribution in [-0.4, -0.2) is 14.8 Å². The number of hydrogen-bond donors (Lipinski definition) is 1. The van der Waals surface area contributed by atoms with Gasteiger partial charge in [0.2, 0.25) is 0 Å². The molecule has 1 N–H and O–H groups in total. The average molecular weight is 270 g/mol. The van der Waals surface area contributed by atoms with E-state index in [1.54, 1.807) is 6.33 Å². The van der Waals surface area contributed by atoms with E-state index in [1.807, 2.05) is 22.8 Å². The molecule has 0 aliphatic rings. The fourth-order valence-corrected chi connectivity index (χ4v) is 2.24. The van der Waals surface area contributed by atoms with Crippen LogP contribution in [0.3, 0.4) is 0 Å². The van der Waals surface area contributed by atoms with Crippen LogP contribution in [0.4, 0.5) is 0 Å². The van der Waals surface area contributed by atoms with Crippen LogP contribution in [0.1, 0.15) is 31.5 Å². The second-order valence-corrected chi connectivity index (χ2v) is 4.82. The number of hydrogen-bond acceptors (Lipinski definition) is 4. The van der Waals surface area contributed by atoms with E-state index in [9.17, 15) is 0 Å². The number of aryl methyl sites for hydroxylation is 1. The molecule has 3 aromatic rings. The van der Waals surface area contributed by atoms with Crippen LogP contribution in [0.15, 0.2) is 41.1 Å². The molecule has 1 unspecified atom stereocenters. The van der Waals surface area contributed by atoms with Crippen molar-refractivity contribution in [2.75, 3.05) is 0 Å². The number of aromatic nitrogens is 3. The van der Waals surface area contributed by atoms with Gasteiger partial charge >= 0.3 is 0 Å². The van der Waals surface area contributed by atoms with Crippen LogP contribution in [-0.2, 0) is 13.1 Å². The summed E-state index contributed by atoms with van der Waals surface area (Å²) in [6, 6.07) is 10.3. The Morgan fingerprint density at radius 1 is 1.35 bits per heavy atom. The number of benzene rings is 1. The second kappa shape index (κ2) is 5.46. The molecular weight excluding hydrogens is 252 g/mol. The van der Waals surface area contributed by atoms with E-state index in [0.717, 1.165) is 29.1 Å². The molecule has 0 aliphatic heterocycles. The highest BCUT2D eigenvalue weighted by Crippen LogP contribution is 2.23. The first-order valence-corrected chi connectivity index (χ1v) is 6.86. The summed E-state index contributed by atoms with van der Waals surface area (Å²) in [5.74, 6) is 1.88. The normalized spacial score (nSPS) is 12.9. The molecule has 0 aliphatic carbocycles. The van der Waals surface area contributed by atoms with E-state index in [4.69, 9.17) is 4.42 Å². The van der Waals surface area contributed by atoms with Gasteiger partial charge in [0, 0.05) is 11.9 Å². The van der Waals surface area contributed by atoms with Crippen LogP contribution < -0.4 is 5.32 Å². The van der Waals surface area contributed by atoms with Crippen molar-refractivity contribution in [3.05, 3.63) is 48.2 Å². The highest BCUT2D eigenvalue weighted by atomic mass is 16.3. The molecule has 104 valence electrons. The first kappa shape index (κ1) is 12.9. The smallest absolute Gasteiger partial charge is 0.146 e. The number of rotatable bonds is 5. The lowest BCUT2D eigenvalue weighted by molar-refractivity contribution is 0.442. The van der Waals surface area contributed by atoms with E-state index in [2.05, 4.69) is 41.5 Å². The molecule has 2 heterocycles. The van der Waals surface area contributed by atoms with Crippen LogP contribution >= 0.6 is 0 Å². The van der Waals surface area contributed by atoms with Gasteiger partial charge in [-0.05, 0) is 26.0 Å². The van der Waals surface area contributed by atoms with Crippen LogP contribution in [0.2, 0.25) is 0 Å². The van der Waals surface area contributed by atoms with Gasteiger partial charge in [0.05, 0.1) is 12.6 Å². The Morgan fingerprint density at radius 2 is 2.20 bits per heavy atom. The highest BCUT2D eigenvalue weighted by molar-refractivity contribution is 5.77. The van der Waals surface area contributed by atoms with E-state index in [0.29, 0.717) is 6.54 Å². The number of para-hydroxylation sites is 1. The quantitative estimate of drug-likeness (QED) is 0.774. The van der Waals surface area contributed by atoms with Gasteiger partial charge in [0.15, 0.2) is 0 Å². The second-order valence-electron chi connectivity index (χ2n) is 4.82. The number of nitrogens with one attached hydrogen (secondary N) is 1. The molecular formula is C15H18N4O. The lowest BCUT2D eigenvalue weighted by atomic mass is 10.2. The third-order valence-electron chi connectivity index (χ3n) is 3.47. The van der Waals surface area contributed by atoms with Crippen molar-refractivity contribution in [2.24, 2.45) is 0 Å². The molecule has 2 aromatic heterocycles. The SMILES string of the molecule is CCn1cnnc1CNC(C)c1cc2ccccc2o1. The van der Waals surface area contributed by atoms with Gasteiger partial charge in [-0.25, -0.2) is 0 Å². The molecule has 5 heteroatoms. The minimum Gasteiger partial charge on any atom is -0.459 e. The summed E-state index contributed by atoms with van der Waals surface area (Å²) >= 11 is 0. The molecule has 5 nitrogen and oxygen atoms in total. The Bertz CT molecular complexity index is 668. The highest BCUT2D eigenvalue weighted by Gasteiger charge is 2.12. The summed E-state index contributed by atoms with van der Waals surface area (Å²) in [5, 5.41) is 12.6. The maximum Gasteiger partial charge on any atom is 0.146 e. The van der Waals surface area contributed by atoms with E-state index < -0.39 is 0 Å². The molecule has 0 saturated carbocycles. The van der Waals surface area contributed by atoms with Gasteiger partial charge in [-0.1, -0.05) is 18.2 Å². The fraction of sp³-hybridized carbons (Fsp3) is 0.333. The first-order chi connectivity index (χ1) is 9.78. The molecule has 0 spiro atoms. The van der Waals surface area contributed by atoms with Crippen LogP contribution in [0, 0.1) is 0 Å². The standard InChI is InChI=1S/C15H18N4O/c1-3-19-10-17-18-15(19)9-16-11(2)14-8-12-6-4-5-7-13(12)20-14/h4-8,10-11,16H,3,9H2,1-2H3. The largest absolute Gasteiger partial charge is 0.459 e.